The van der Waals surface area contributed by atoms with Crippen LogP contribution in [-0.2, 0) is 6.42 Å². The number of para-hydroxylation sites is 1. The second-order valence-corrected chi connectivity index (χ2v) is 5.81. The summed E-state index contributed by atoms with van der Waals surface area (Å²) in [5.41, 5.74) is 1.12. The lowest BCUT2D eigenvalue weighted by molar-refractivity contribution is 0.140. The lowest BCUT2D eigenvalue weighted by atomic mass is 9.98. The van der Waals surface area contributed by atoms with Gasteiger partial charge in [0.05, 0.1) is 6.61 Å². The highest BCUT2D eigenvalue weighted by Crippen LogP contribution is 2.33. The van der Waals surface area contributed by atoms with Crippen LogP contribution in [0, 0.1) is 0 Å². The summed E-state index contributed by atoms with van der Waals surface area (Å²) in [6, 6.07) is 8.26. The maximum Gasteiger partial charge on any atom is 0.122 e. The number of benzene rings is 1. The standard InChI is InChI=1S/C17H27NO2/c1-3-11-18-17(13-19)10-9-15(12-17)20-16-8-6-5-7-14(16)4-2/h5-8,15,18-19H,3-4,9-13H2,1-2H3. The quantitative estimate of drug-likeness (QED) is 0.805. The number of aryl methyl sites for hydroxylation is 1. The van der Waals surface area contributed by atoms with E-state index in [1.54, 1.807) is 0 Å². The molecule has 112 valence electrons. The summed E-state index contributed by atoms with van der Waals surface area (Å²) in [7, 11) is 0. The fraction of sp³-hybridized carbons (Fsp3) is 0.647. The number of nitrogens with one attached hydrogen (secondary N) is 1. The van der Waals surface area contributed by atoms with E-state index in [0.29, 0.717) is 0 Å². The summed E-state index contributed by atoms with van der Waals surface area (Å²) in [6.07, 6.45) is 5.17. The molecule has 0 aromatic heterocycles. The zero-order chi connectivity index (χ0) is 14.4. The molecule has 1 saturated carbocycles. The molecular formula is C17H27NO2. The van der Waals surface area contributed by atoms with Crippen molar-refractivity contribution in [2.45, 2.75) is 57.6 Å². The molecule has 2 unspecified atom stereocenters. The zero-order valence-corrected chi connectivity index (χ0v) is 12.7. The molecule has 1 aliphatic rings. The SMILES string of the molecule is CCCNC1(CO)CCC(Oc2ccccc2CC)C1. The molecule has 1 aliphatic carbocycles. The summed E-state index contributed by atoms with van der Waals surface area (Å²) in [4.78, 5) is 0. The average Bonchev–Trinajstić information content (AvgIpc) is 2.89. The Kier molecular flexibility index (Phi) is 5.44. The van der Waals surface area contributed by atoms with Gasteiger partial charge in [0.15, 0.2) is 0 Å². The van der Waals surface area contributed by atoms with E-state index >= 15 is 0 Å². The van der Waals surface area contributed by atoms with Crippen LogP contribution in [-0.4, -0.2) is 29.9 Å². The predicted molar refractivity (Wildman–Crippen MR) is 82.2 cm³/mol. The van der Waals surface area contributed by atoms with Crippen LogP contribution >= 0.6 is 0 Å². The van der Waals surface area contributed by atoms with E-state index in [1.807, 2.05) is 6.07 Å². The third kappa shape index (κ3) is 3.53. The van der Waals surface area contributed by atoms with Crippen molar-refractivity contribution >= 4 is 0 Å². The molecule has 2 N–H and O–H groups in total. The molecule has 0 spiro atoms. The number of hydrogen-bond acceptors (Lipinski definition) is 3. The van der Waals surface area contributed by atoms with E-state index in [9.17, 15) is 5.11 Å². The van der Waals surface area contributed by atoms with Crippen LogP contribution in [0.4, 0.5) is 0 Å². The Morgan fingerprint density at radius 1 is 1.35 bits per heavy atom. The molecule has 0 amide bonds. The van der Waals surface area contributed by atoms with Crippen LogP contribution in [0.15, 0.2) is 24.3 Å². The monoisotopic (exact) mass is 277 g/mol. The zero-order valence-electron chi connectivity index (χ0n) is 12.7. The van der Waals surface area contributed by atoms with Crippen molar-refractivity contribution in [2.75, 3.05) is 13.2 Å². The van der Waals surface area contributed by atoms with Crippen molar-refractivity contribution in [1.82, 2.24) is 5.32 Å². The highest BCUT2D eigenvalue weighted by molar-refractivity contribution is 5.33. The van der Waals surface area contributed by atoms with Gasteiger partial charge in [-0.15, -0.1) is 0 Å². The van der Waals surface area contributed by atoms with Gasteiger partial charge in [-0.25, -0.2) is 0 Å². The van der Waals surface area contributed by atoms with Crippen molar-refractivity contribution in [3.63, 3.8) is 0 Å². The van der Waals surface area contributed by atoms with Gasteiger partial charge < -0.3 is 15.2 Å². The number of rotatable bonds is 7. The van der Waals surface area contributed by atoms with Crippen LogP contribution in [0.25, 0.3) is 0 Å². The Labute approximate surface area is 122 Å². The molecule has 3 heteroatoms. The summed E-state index contributed by atoms with van der Waals surface area (Å²) in [5, 5.41) is 13.2. The number of ether oxygens (including phenoxy) is 1. The molecule has 0 aliphatic heterocycles. The van der Waals surface area contributed by atoms with Crippen molar-refractivity contribution < 1.29 is 9.84 Å². The summed E-state index contributed by atoms with van der Waals surface area (Å²) >= 11 is 0. The van der Waals surface area contributed by atoms with E-state index in [2.05, 4.69) is 37.4 Å². The molecule has 1 aromatic carbocycles. The third-order valence-electron chi connectivity index (χ3n) is 4.26. The van der Waals surface area contributed by atoms with E-state index in [4.69, 9.17) is 4.74 Å². The molecule has 0 bridgehead atoms. The van der Waals surface area contributed by atoms with Gasteiger partial charge in [0.2, 0.25) is 0 Å². The maximum atomic E-state index is 9.71. The normalized spacial score (nSPS) is 25.9. The second kappa shape index (κ2) is 7.09. The first-order chi connectivity index (χ1) is 9.73. The van der Waals surface area contributed by atoms with Crippen LogP contribution in [0.1, 0.15) is 45.1 Å². The minimum Gasteiger partial charge on any atom is -0.490 e. The first kappa shape index (κ1) is 15.3. The van der Waals surface area contributed by atoms with Crippen molar-refractivity contribution in [2.24, 2.45) is 0 Å². The molecule has 2 rings (SSSR count). The highest BCUT2D eigenvalue weighted by atomic mass is 16.5. The van der Waals surface area contributed by atoms with E-state index in [0.717, 1.165) is 44.4 Å². The van der Waals surface area contributed by atoms with Gasteiger partial charge >= 0.3 is 0 Å². The topological polar surface area (TPSA) is 41.5 Å². The Bertz CT molecular complexity index is 421. The van der Waals surface area contributed by atoms with Gasteiger partial charge in [-0.05, 0) is 43.9 Å². The summed E-state index contributed by atoms with van der Waals surface area (Å²) in [5.74, 6) is 1.00. The minimum absolute atomic E-state index is 0.137. The lowest BCUT2D eigenvalue weighted by Crippen LogP contribution is -2.47. The Hall–Kier alpha value is -1.06. The van der Waals surface area contributed by atoms with E-state index < -0.39 is 0 Å². The first-order valence-electron chi connectivity index (χ1n) is 7.83. The van der Waals surface area contributed by atoms with Gasteiger partial charge in [-0.3, -0.25) is 0 Å². The molecule has 3 nitrogen and oxygen atoms in total. The lowest BCUT2D eigenvalue weighted by Gasteiger charge is -2.28. The van der Waals surface area contributed by atoms with Crippen LogP contribution < -0.4 is 10.1 Å². The van der Waals surface area contributed by atoms with Crippen molar-refractivity contribution in [1.29, 1.82) is 0 Å². The number of aliphatic hydroxyl groups excluding tert-OH is 1. The largest absolute Gasteiger partial charge is 0.490 e. The molecule has 0 heterocycles. The predicted octanol–water partition coefficient (Wildman–Crippen LogP) is 2.91. The molecule has 0 saturated heterocycles. The average molecular weight is 277 g/mol. The fourth-order valence-electron chi connectivity index (χ4n) is 3.02. The van der Waals surface area contributed by atoms with Gasteiger partial charge in [-0.1, -0.05) is 32.0 Å². The Morgan fingerprint density at radius 3 is 2.85 bits per heavy atom. The molecule has 20 heavy (non-hydrogen) atoms. The molecule has 1 fully saturated rings. The number of aliphatic hydroxyl groups is 1. The first-order valence-corrected chi connectivity index (χ1v) is 7.83. The van der Waals surface area contributed by atoms with Gasteiger partial charge in [0, 0.05) is 12.0 Å². The summed E-state index contributed by atoms with van der Waals surface area (Å²) in [6.45, 7) is 5.46. The second-order valence-electron chi connectivity index (χ2n) is 5.81. The fourth-order valence-corrected chi connectivity index (χ4v) is 3.02. The maximum absolute atomic E-state index is 9.71. The van der Waals surface area contributed by atoms with Gasteiger partial charge in [0.1, 0.15) is 11.9 Å². The van der Waals surface area contributed by atoms with Crippen LogP contribution in [0.2, 0.25) is 0 Å². The van der Waals surface area contributed by atoms with Gasteiger partial charge in [-0.2, -0.15) is 0 Å². The van der Waals surface area contributed by atoms with Crippen molar-refractivity contribution in [3.05, 3.63) is 29.8 Å². The minimum atomic E-state index is -0.137. The van der Waals surface area contributed by atoms with Crippen LogP contribution in [0.5, 0.6) is 5.75 Å². The molecule has 0 radical (unpaired) electrons. The van der Waals surface area contributed by atoms with E-state index in [1.165, 1.54) is 5.56 Å². The summed E-state index contributed by atoms with van der Waals surface area (Å²) < 4.78 is 6.18. The molecule has 1 aromatic rings. The Morgan fingerprint density at radius 2 is 2.15 bits per heavy atom. The van der Waals surface area contributed by atoms with Crippen LogP contribution in [0.3, 0.4) is 0 Å². The third-order valence-corrected chi connectivity index (χ3v) is 4.26. The highest BCUT2D eigenvalue weighted by Gasteiger charge is 2.39. The smallest absolute Gasteiger partial charge is 0.122 e. The Balaban J connectivity index is 1.98. The number of hydrogen-bond donors (Lipinski definition) is 2. The van der Waals surface area contributed by atoms with E-state index in [-0.39, 0.29) is 18.2 Å². The molecular weight excluding hydrogens is 250 g/mol. The molecule has 2 atom stereocenters. The van der Waals surface area contributed by atoms with Gasteiger partial charge in [0.25, 0.3) is 0 Å². The van der Waals surface area contributed by atoms with Crippen molar-refractivity contribution in [3.8, 4) is 5.75 Å².